The Morgan fingerprint density at radius 2 is 1.68 bits per heavy atom. The van der Waals surface area contributed by atoms with E-state index in [1.165, 1.54) is 36.0 Å². The van der Waals surface area contributed by atoms with Crippen molar-refractivity contribution in [2.24, 2.45) is 5.92 Å². The summed E-state index contributed by atoms with van der Waals surface area (Å²) in [5, 5.41) is 0. The fourth-order valence-electron chi connectivity index (χ4n) is 3.00. The summed E-state index contributed by atoms with van der Waals surface area (Å²) in [5.74, 6) is 0.706. The minimum Gasteiger partial charge on any atom is -0.0836 e. The standard InChI is InChI=1S/C18H19Br/c1-13-6-8-15(9-7-13)18(19)17-11-10-14-4-2-3-5-16(14)12-17/h2-9,17-18H,10-12H2,1H3. The molecule has 2 aromatic carbocycles. The molecule has 0 radical (unpaired) electrons. The van der Waals surface area contributed by atoms with Crippen molar-refractivity contribution < 1.29 is 0 Å². The van der Waals surface area contributed by atoms with Gasteiger partial charge in [0.25, 0.3) is 0 Å². The Hall–Kier alpha value is -1.08. The second kappa shape index (κ2) is 5.50. The summed E-state index contributed by atoms with van der Waals surface area (Å²) in [6.45, 7) is 2.14. The third kappa shape index (κ3) is 2.76. The van der Waals surface area contributed by atoms with Gasteiger partial charge in [0.15, 0.2) is 0 Å². The van der Waals surface area contributed by atoms with Crippen molar-refractivity contribution in [1.29, 1.82) is 0 Å². The number of halogens is 1. The van der Waals surface area contributed by atoms with E-state index in [1.54, 1.807) is 5.56 Å². The monoisotopic (exact) mass is 314 g/mol. The molecule has 0 amide bonds. The van der Waals surface area contributed by atoms with Gasteiger partial charge in [-0.05, 0) is 48.8 Å². The SMILES string of the molecule is Cc1ccc(C(Br)C2CCc3ccccc3C2)cc1. The van der Waals surface area contributed by atoms with E-state index in [2.05, 4.69) is 71.4 Å². The first kappa shape index (κ1) is 12.9. The Morgan fingerprint density at radius 3 is 2.42 bits per heavy atom. The van der Waals surface area contributed by atoms with E-state index in [1.807, 2.05) is 0 Å². The van der Waals surface area contributed by atoms with E-state index in [0.717, 1.165) is 0 Å². The highest BCUT2D eigenvalue weighted by Gasteiger charge is 2.25. The number of rotatable bonds is 2. The molecule has 1 aliphatic rings. The number of benzene rings is 2. The zero-order chi connectivity index (χ0) is 13.2. The van der Waals surface area contributed by atoms with Crippen LogP contribution in [0.5, 0.6) is 0 Å². The van der Waals surface area contributed by atoms with Crippen LogP contribution in [-0.2, 0) is 12.8 Å². The normalized spacial score (nSPS) is 19.8. The van der Waals surface area contributed by atoms with E-state index in [4.69, 9.17) is 0 Å². The molecule has 0 saturated carbocycles. The third-order valence-electron chi connectivity index (χ3n) is 4.19. The molecule has 2 unspecified atom stereocenters. The van der Waals surface area contributed by atoms with Crippen LogP contribution < -0.4 is 0 Å². The third-order valence-corrected chi connectivity index (χ3v) is 5.47. The van der Waals surface area contributed by atoms with Crippen molar-refractivity contribution in [2.75, 3.05) is 0 Å². The van der Waals surface area contributed by atoms with E-state index in [0.29, 0.717) is 10.7 Å². The molecule has 1 aliphatic carbocycles. The zero-order valence-electron chi connectivity index (χ0n) is 11.3. The quantitative estimate of drug-likeness (QED) is 0.665. The minimum atomic E-state index is 0.474. The Kier molecular flexibility index (Phi) is 3.74. The smallest absolute Gasteiger partial charge is 0.0426 e. The van der Waals surface area contributed by atoms with Gasteiger partial charge in [-0.15, -0.1) is 0 Å². The lowest BCUT2D eigenvalue weighted by Gasteiger charge is -2.28. The van der Waals surface area contributed by atoms with Gasteiger partial charge in [0, 0.05) is 4.83 Å². The maximum Gasteiger partial charge on any atom is 0.0426 e. The van der Waals surface area contributed by atoms with Crippen molar-refractivity contribution in [1.82, 2.24) is 0 Å². The van der Waals surface area contributed by atoms with Gasteiger partial charge in [-0.1, -0.05) is 70.0 Å². The number of fused-ring (bicyclic) bond motifs is 1. The lowest BCUT2D eigenvalue weighted by molar-refractivity contribution is 0.453. The highest BCUT2D eigenvalue weighted by Crippen LogP contribution is 2.39. The molecule has 19 heavy (non-hydrogen) atoms. The molecule has 0 saturated heterocycles. The highest BCUT2D eigenvalue weighted by atomic mass is 79.9. The van der Waals surface area contributed by atoms with Gasteiger partial charge < -0.3 is 0 Å². The maximum atomic E-state index is 3.92. The van der Waals surface area contributed by atoms with Gasteiger partial charge in [-0.25, -0.2) is 0 Å². The van der Waals surface area contributed by atoms with Crippen molar-refractivity contribution in [2.45, 2.75) is 31.0 Å². The van der Waals surface area contributed by atoms with E-state index >= 15 is 0 Å². The van der Waals surface area contributed by atoms with Gasteiger partial charge in [0.1, 0.15) is 0 Å². The molecule has 0 nitrogen and oxygen atoms in total. The first-order valence-corrected chi connectivity index (χ1v) is 7.93. The van der Waals surface area contributed by atoms with E-state index < -0.39 is 0 Å². The van der Waals surface area contributed by atoms with Crippen molar-refractivity contribution >= 4 is 15.9 Å². The summed E-state index contributed by atoms with van der Waals surface area (Å²) >= 11 is 3.92. The lowest BCUT2D eigenvalue weighted by Crippen LogP contribution is -2.18. The summed E-state index contributed by atoms with van der Waals surface area (Å²) in [6, 6.07) is 17.8. The molecule has 0 heterocycles. The van der Waals surface area contributed by atoms with Gasteiger partial charge in [0.05, 0.1) is 0 Å². The summed E-state index contributed by atoms with van der Waals surface area (Å²) in [5.41, 5.74) is 5.82. The predicted molar refractivity (Wildman–Crippen MR) is 84.8 cm³/mol. The molecule has 2 aromatic rings. The Bertz CT molecular complexity index is 556. The molecule has 0 aromatic heterocycles. The number of aryl methyl sites for hydroxylation is 2. The second-order valence-corrected chi connectivity index (χ2v) is 6.57. The van der Waals surface area contributed by atoms with E-state index in [9.17, 15) is 0 Å². The van der Waals surface area contributed by atoms with Gasteiger partial charge in [-0.3, -0.25) is 0 Å². The fourth-order valence-corrected chi connectivity index (χ4v) is 3.75. The molecular formula is C18H19Br. The van der Waals surface area contributed by atoms with Crippen LogP contribution in [0.15, 0.2) is 48.5 Å². The number of alkyl halides is 1. The predicted octanol–water partition coefficient (Wildman–Crippen LogP) is 5.24. The molecule has 98 valence electrons. The van der Waals surface area contributed by atoms with Crippen LogP contribution in [0.3, 0.4) is 0 Å². The molecule has 2 atom stereocenters. The van der Waals surface area contributed by atoms with Crippen LogP contribution in [0.4, 0.5) is 0 Å². The summed E-state index contributed by atoms with van der Waals surface area (Å²) in [6.07, 6.45) is 3.69. The van der Waals surface area contributed by atoms with Gasteiger partial charge in [0.2, 0.25) is 0 Å². The van der Waals surface area contributed by atoms with Crippen molar-refractivity contribution in [3.05, 3.63) is 70.8 Å². The Morgan fingerprint density at radius 1 is 1.00 bits per heavy atom. The highest BCUT2D eigenvalue weighted by molar-refractivity contribution is 9.09. The van der Waals surface area contributed by atoms with Gasteiger partial charge >= 0.3 is 0 Å². The largest absolute Gasteiger partial charge is 0.0836 e. The molecule has 0 N–H and O–H groups in total. The fraction of sp³-hybridized carbons (Fsp3) is 0.333. The molecule has 1 heteroatoms. The number of hydrogen-bond donors (Lipinski definition) is 0. The lowest BCUT2D eigenvalue weighted by atomic mass is 9.81. The molecular weight excluding hydrogens is 296 g/mol. The first-order valence-electron chi connectivity index (χ1n) is 7.01. The molecule has 3 rings (SSSR count). The average Bonchev–Trinajstić information content (AvgIpc) is 2.47. The minimum absolute atomic E-state index is 0.474. The topological polar surface area (TPSA) is 0 Å². The van der Waals surface area contributed by atoms with Crippen LogP contribution in [0.1, 0.15) is 33.5 Å². The molecule has 0 fully saturated rings. The van der Waals surface area contributed by atoms with Crippen LogP contribution in [0, 0.1) is 12.8 Å². The number of hydrogen-bond acceptors (Lipinski definition) is 0. The molecule has 0 bridgehead atoms. The van der Waals surface area contributed by atoms with Crippen LogP contribution >= 0.6 is 15.9 Å². The maximum absolute atomic E-state index is 3.92. The average molecular weight is 315 g/mol. The Balaban J connectivity index is 1.79. The summed E-state index contributed by atoms with van der Waals surface area (Å²) < 4.78 is 0. The second-order valence-electron chi connectivity index (χ2n) is 5.58. The molecule has 0 aliphatic heterocycles. The van der Waals surface area contributed by atoms with E-state index in [-0.39, 0.29) is 0 Å². The van der Waals surface area contributed by atoms with Crippen LogP contribution in [0.25, 0.3) is 0 Å². The first-order chi connectivity index (χ1) is 9.24. The van der Waals surface area contributed by atoms with Crippen molar-refractivity contribution in [3.8, 4) is 0 Å². The molecule has 0 spiro atoms. The Labute approximate surface area is 124 Å². The van der Waals surface area contributed by atoms with Gasteiger partial charge in [-0.2, -0.15) is 0 Å². The summed E-state index contributed by atoms with van der Waals surface area (Å²) in [4.78, 5) is 0.474. The zero-order valence-corrected chi connectivity index (χ0v) is 12.9. The van der Waals surface area contributed by atoms with Crippen LogP contribution in [-0.4, -0.2) is 0 Å². The van der Waals surface area contributed by atoms with Crippen molar-refractivity contribution in [3.63, 3.8) is 0 Å². The summed E-state index contributed by atoms with van der Waals surface area (Å²) in [7, 11) is 0. The van der Waals surface area contributed by atoms with Crippen LogP contribution in [0.2, 0.25) is 0 Å².